The van der Waals surface area contributed by atoms with Crippen molar-refractivity contribution in [2.24, 2.45) is 0 Å². The molecule has 1 aromatic heterocycles. The molecule has 1 heterocycles. The maximum Gasteiger partial charge on any atom is 0.411 e. The predicted octanol–water partition coefficient (Wildman–Crippen LogP) is 3.42. The second-order valence-corrected chi connectivity index (χ2v) is 5.50. The summed E-state index contributed by atoms with van der Waals surface area (Å²) in [5.74, 6) is -0.589. The monoisotopic (exact) mass is 346 g/mol. The van der Waals surface area contributed by atoms with Gasteiger partial charge in [0.15, 0.2) is 5.13 Å². The van der Waals surface area contributed by atoms with Crippen molar-refractivity contribution < 1.29 is 27.8 Å². The number of ether oxygens (including phenoxy) is 1. The Hall–Kier alpha value is -2.13. The molecule has 0 bridgehead atoms. The number of nitrogens with one attached hydrogen (secondary N) is 1. The molecule has 0 fully saturated rings. The van der Waals surface area contributed by atoms with Crippen molar-refractivity contribution in [2.45, 2.75) is 19.2 Å². The van der Waals surface area contributed by atoms with Gasteiger partial charge in [0.1, 0.15) is 18.5 Å². The molecule has 9 heteroatoms. The number of amides is 1. The number of anilines is 1. The van der Waals surface area contributed by atoms with Gasteiger partial charge in [0.25, 0.3) is 5.91 Å². The van der Waals surface area contributed by atoms with E-state index in [1.807, 2.05) is 0 Å². The fraction of sp³-hybridized carbons (Fsp3) is 0.286. The molecule has 0 saturated carbocycles. The summed E-state index contributed by atoms with van der Waals surface area (Å²) in [7, 11) is 0. The molecule has 2 aromatic rings. The van der Waals surface area contributed by atoms with Crippen molar-refractivity contribution in [1.82, 2.24) is 4.98 Å². The molecule has 2 rings (SSSR count). The first-order valence-electron chi connectivity index (χ1n) is 6.49. The molecule has 0 spiro atoms. The highest BCUT2D eigenvalue weighted by molar-refractivity contribution is 7.14. The molecule has 23 heavy (non-hydrogen) atoms. The van der Waals surface area contributed by atoms with E-state index in [4.69, 9.17) is 0 Å². The van der Waals surface area contributed by atoms with Gasteiger partial charge in [0, 0.05) is 10.9 Å². The fourth-order valence-corrected chi connectivity index (χ4v) is 2.32. The predicted molar refractivity (Wildman–Crippen MR) is 79.3 cm³/mol. The lowest BCUT2D eigenvalue weighted by molar-refractivity contribution is -0.184. The highest BCUT2D eigenvalue weighted by atomic mass is 32.1. The van der Waals surface area contributed by atoms with Crippen LogP contribution < -0.4 is 5.32 Å². The van der Waals surface area contributed by atoms with Crippen molar-refractivity contribution in [3.63, 3.8) is 0 Å². The highest BCUT2D eigenvalue weighted by Gasteiger charge is 2.30. The normalized spacial score (nSPS) is 12.9. The smallest absolute Gasteiger partial charge is 0.411 e. The summed E-state index contributed by atoms with van der Waals surface area (Å²) in [6.45, 7) is -0.256. The van der Waals surface area contributed by atoms with Gasteiger partial charge in [-0.3, -0.25) is 10.1 Å². The van der Waals surface area contributed by atoms with Crippen molar-refractivity contribution in [3.8, 4) is 17.0 Å². The Morgan fingerprint density at radius 1 is 1.39 bits per heavy atom. The number of hydrogen-bond donors (Lipinski definition) is 2. The highest BCUT2D eigenvalue weighted by Crippen LogP contribution is 2.26. The average Bonchev–Trinajstić information content (AvgIpc) is 2.93. The van der Waals surface area contributed by atoms with Crippen LogP contribution in [-0.2, 0) is 9.53 Å². The molecule has 0 aliphatic heterocycles. The largest absolute Gasteiger partial charge is 0.508 e. The zero-order valence-corrected chi connectivity index (χ0v) is 12.7. The van der Waals surface area contributed by atoms with Gasteiger partial charge < -0.3 is 9.84 Å². The standard InChI is InChI=1S/C14H13F3N2O3S/c1-8(22-7-14(15,16)17)12(21)19-13-18-11(6-23-13)9-2-4-10(20)5-3-9/h2-6,8,20H,7H2,1H3,(H,18,19,21). The molecule has 0 aliphatic carbocycles. The Labute approximate surface area is 133 Å². The Balaban J connectivity index is 1.96. The fourth-order valence-electron chi connectivity index (χ4n) is 1.60. The number of alkyl halides is 3. The zero-order valence-electron chi connectivity index (χ0n) is 11.9. The summed E-state index contributed by atoms with van der Waals surface area (Å²) in [5, 5.41) is 13.6. The molecule has 124 valence electrons. The van der Waals surface area contributed by atoms with Crippen molar-refractivity contribution in [3.05, 3.63) is 29.6 Å². The Morgan fingerprint density at radius 3 is 2.65 bits per heavy atom. The van der Waals surface area contributed by atoms with Gasteiger partial charge in [-0.2, -0.15) is 13.2 Å². The van der Waals surface area contributed by atoms with E-state index in [1.165, 1.54) is 19.1 Å². The number of aromatic nitrogens is 1. The second-order valence-electron chi connectivity index (χ2n) is 4.64. The van der Waals surface area contributed by atoms with E-state index < -0.39 is 24.8 Å². The molecule has 5 nitrogen and oxygen atoms in total. The molecule has 0 aliphatic rings. The Kier molecular flexibility index (Phi) is 5.22. The van der Waals surface area contributed by atoms with Crippen molar-refractivity contribution >= 4 is 22.4 Å². The molecule has 1 aromatic carbocycles. The Morgan fingerprint density at radius 2 is 2.04 bits per heavy atom. The van der Waals surface area contributed by atoms with E-state index >= 15 is 0 Å². The van der Waals surface area contributed by atoms with Gasteiger partial charge in [0.2, 0.25) is 0 Å². The van der Waals surface area contributed by atoms with Gasteiger partial charge in [-0.25, -0.2) is 4.98 Å². The summed E-state index contributed by atoms with van der Waals surface area (Å²) < 4.78 is 40.6. The van der Waals surface area contributed by atoms with Crippen LogP contribution in [0.25, 0.3) is 11.3 Å². The third-order valence-electron chi connectivity index (χ3n) is 2.76. The van der Waals surface area contributed by atoms with Gasteiger partial charge in [-0.05, 0) is 31.2 Å². The molecule has 0 saturated heterocycles. The number of thiazole rings is 1. The van der Waals surface area contributed by atoms with Crippen LogP contribution in [0, 0.1) is 0 Å². The molecular formula is C14H13F3N2O3S. The average molecular weight is 346 g/mol. The summed E-state index contributed by atoms with van der Waals surface area (Å²) in [5.41, 5.74) is 1.31. The minimum Gasteiger partial charge on any atom is -0.508 e. The number of benzene rings is 1. The summed E-state index contributed by atoms with van der Waals surface area (Å²) in [4.78, 5) is 15.9. The van der Waals surface area contributed by atoms with E-state index in [9.17, 15) is 23.1 Å². The molecule has 1 unspecified atom stereocenters. The van der Waals surface area contributed by atoms with Crippen LogP contribution in [0.1, 0.15) is 6.92 Å². The van der Waals surface area contributed by atoms with Crippen LogP contribution >= 0.6 is 11.3 Å². The van der Waals surface area contributed by atoms with E-state index in [0.29, 0.717) is 5.69 Å². The number of nitrogens with zero attached hydrogens (tertiary/aromatic N) is 1. The maximum absolute atomic E-state index is 12.0. The number of carbonyl (C=O) groups is 1. The quantitative estimate of drug-likeness (QED) is 0.870. The van der Waals surface area contributed by atoms with E-state index in [-0.39, 0.29) is 10.9 Å². The van der Waals surface area contributed by atoms with E-state index in [0.717, 1.165) is 16.9 Å². The van der Waals surface area contributed by atoms with Crippen LogP contribution in [0.4, 0.5) is 18.3 Å². The molecule has 0 radical (unpaired) electrons. The SMILES string of the molecule is CC(OCC(F)(F)F)C(=O)Nc1nc(-c2ccc(O)cc2)cs1. The maximum atomic E-state index is 12.0. The minimum absolute atomic E-state index is 0.119. The first-order chi connectivity index (χ1) is 10.7. The third-order valence-corrected chi connectivity index (χ3v) is 3.52. The Bertz CT molecular complexity index is 671. The first-order valence-corrected chi connectivity index (χ1v) is 7.37. The molecule has 1 amide bonds. The third kappa shape index (κ3) is 5.22. The van der Waals surface area contributed by atoms with Crippen LogP contribution in [0.2, 0.25) is 0 Å². The number of phenols is 1. The lowest BCUT2D eigenvalue weighted by Gasteiger charge is -2.13. The van der Waals surface area contributed by atoms with Crippen LogP contribution in [-0.4, -0.2) is 34.9 Å². The summed E-state index contributed by atoms with van der Waals surface area (Å²) in [6, 6.07) is 6.32. The first kappa shape index (κ1) is 17.2. The molecule has 2 N–H and O–H groups in total. The number of phenolic OH excluding ortho intramolecular Hbond substituents is 1. The number of carbonyl (C=O) groups excluding carboxylic acids is 1. The lowest BCUT2D eigenvalue weighted by atomic mass is 10.2. The van der Waals surface area contributed by atoms with Crippen LogP contribution in [0.3, 0.4) is 0 Å². The van der Waals surface area contributed by atoms with E-state index in [2.05, 4.69) is 15.0 Å². The van der Waals surface area contributed by atoms with Crippen molar-refractivity contribution in [2.75, 3.05) is 11.9 Å². The van der Waals surface area contributed by atoms with Crippen LogP contribution in [0.15, 0.2) is 29.6 Å². The summed E-state index contributed by atoms with van der Waals surface area (Å²) in [6.07, 6.45) is -5.74. The van der Waals surface area contributed by atoms with E-state index in [1.54, 1.807) is 17.5 Å². The minimum atomic E-state index is -4.48. The number of aromatic hydroxyl groups is 1. The van der Waals surface area contributed by atoms with Crippen molar-refractivity contribution in [1.29, 1.82) is 0 Å². The number of rotatable bonds is 5. The number of halogens is 3. The second kappa shape index (κ2) is 6.97. The van der Waals surface area contributed by atoms with Gasteiger partial charge in [-0.1, -0.05) is 0 Å². The van der Waals surface area contributed by atoms with Crippen LogP contribution in [0.5, 0.6) is 5.75 Å². The number of hydrogen-bond acceptors (Lipinski definition) is 5. The van der Waals surface area contributed by atoms with Gasteiger partial charge in [-0.15, -0.1) is 11.3 Å². The lowest BCUT2D eigenvalue weighted by Crippen LogP contribution is -2.31. The summed E-state index contributed by atoms with van der Waals surface area (Å²) >= 11 is 1.13. The molecular weight excluding hydrogens is 333 g/mol. The van der Waals surface area contributed by atoms with Gasteiger partial charge >= 0.3 is 6.18 Å². The topological polar surface area (TPSA) is 71.5 Å². The van der Waals surface area contributed by atoms with Gasteiger partial charge in [0.05, 0.1) is 5.69 Å². The molecule has 1 atom stereocenters. The zero-order chi connectivity index (χ0) is 17.0.